The Balaban J connectivity index is 1.53. The van der Waals surface area contributed by atoms with E-state index in [1.165, 1.54) is 6.39 Å². The van der Waals surface area contributed by atoms with Crippen LogP contribution in [0.3, 0.4) is 0 Å². The van der Waals surface area contributed by atoms with Crippen LogP contribution in [0.15, 0.2) is 65.4 Å². The standard InChI is InChI=1S/C27H30ClN3O4/c1-20-25(29-19-35-20)26(33)31-13-7-12-27(17-31,18-34-23-11-6-10-22(28)14-23)15-24(32)30(2)16-21-8-4-3-5-9-21/h3-6,8-11,14,19H,7,12-13,15-18H2,1-2H3. The molecule has 184 valence electrons. The molecule has 7 nitrogen and oxygen atoms in total. The van der Waals surface area contributed by atoms with Crippen LogP contribution in [0, 0.1) is 12.3 Å². The van der Waals surface area contributed by atoms with Crippen molar-refractivity contribution in [3.05, 3.63) is 83.0 Å². The number of oxazole rings is 1. The quantitative estimate of drug-likeness (QED) is 0.440. The maximum absolute atomic E-state index is 13.4. The van der Waals surface area contributed by atoms with E-state index in [-0.39, 0.29) is 18.2 Å². The molecular weight excluding hydrogens is 466 g/mol. The maximum atomic E-state index is 13.4. The number of hydrogen-bond acceptors (Lipinski definition) is 5. The minimum absolute atomic E-state index is 0.00969. The van der Waals surface area contributed by atoms with Crippen molar-refractivity contribution in [2.75, 3.05) is 26.7 Å². The number of aryl methyl sites for hydroxylation is 1. The molecule has 1 saturated heterocycles. The van der Waals surface area contributed by atoms with Crippen molar-refractivity contribution in [2.45, 2.75) is 32.7 Å². The van der Waals surface area contributed by atoms with Crippen molar-refractivity contribution < 1.29 is 18.7 Å². The Kier molecular flexibility index (Phi) is 7.76. The molecule has 35 heavy (non-hydrogen) atoms. The van der Waals surface area contributed by atoms with Crippen LogP contribution >= 0.6 is 11.6 Å². The molecule has 1 fully saturated rings. The summed E-state index contributed by atoms with van der Waals surface area (Å²) in [7, 11) is 1.81. The number of likely N-dealkylation sites (tertiary alicyclic amines) is 1. The number of halogens is 1. The van der Waals surface area contributed by atoms with Crippen LogP contribution in [0.25, 0.3) is 0 Å². The number of aromatic nitrogens is 1. The molecule has 0 saturated carbocycles. The largest absolute Gasteiger partial charge is 0.493 e. The molecule has 0 radical (unpaired) electrons. The second-order valence-electron chi connectivity index (χ2n) is 9.25. The summed E-state index contributed by atoms with van der Waals surface area (Å²) < 4.78 is 11.4. The highest BCUT2D eigenvalue weighted by Gasteiger charge is 2.41. The van der Waals surface area contributed by atoms with Gasteiger partial charge >= 0.3 is 0 Å². The zero-order valence-corrected chi connectivity index (χ0v) is 20.8. The third-order valence-electron chi connectivity index (χ3n) is 6.45. The van der Waals surface area contributed by atoms with Gasteiger partial charge in [0, 0.05) is 43.5 Å². The lowest BCUT2D eigenvalue weighted by molar-refractivity contribution is -0.134. The molecule has 3 aromatic rings. The van der Waals surface area contributed by atoms with Crippen molar-refractivity contribution >= 4 is 23.4 Å². The number of rotatable bonds is 8. The molecule has 2 heterocycles. The monoisotopic (exact) mass is 495 g/mol. The molecule has 2 aromatic carbocycles. The molecule has 1 aromatic heterocycles. The van der Waals surface area contributed by atoms with Gasteiger partial charge in [-0.1, -0.05) is 48.0 Å². The van der Waals surface area contributed by atoms with Gasteiger partial charge in [-0.15, -0.1) is 0 Å². The Morgan fingerprint density at radius 2 is 2.00 bits per heavy atom. The number of amides is 2. The first kappa shape index (κ1) is 24.8. The SMILES string of the molecule is Cc1ocnc1C(=O)N1CCCC(COc2cccc(Cl)c2)(CC(=O)N(C)Cc2ccccc2)C1. The predicted octanol–water partition coefficient (Wildman–Crippen LogP) is 4.99. The van der Waals surface area contributed by atoms with Gasteiger partial charge in [0.25, 0.3) is 5.91 Å². The van der Waals surface area contributed by atoms with E-state index in [1.54, 1.807) is 28.9 Å². The van der Waals surface area contributed by atoms with Crippen LogP contribution in [0.2, 0.25) is 5.02 Å². The van der Waals surface area contributed by atoms with Crippen LogP contribution in [0.5, 0.6) is 5.75 Å². The number of carbonyl (C=O) groups excluding carboxylic acids is 2. The number of piperidine rings is 1. The highest BCUT2D eigenvalue weighted by molar-refractivity contribution is 6.30. The van der Waals surface area contributed by atoms with Crippen molar-refractivity contribution in [3.8, 4) is 5.75 Å². The fourth-order valence-electron chi connectivity index (χ4n) is 4.55. The minimum atomic E-state index is -0.546. The van der Waals surface area contributed by atoms with Crippen LogP contribution in [-0.4, -0.2) is 53.3 Å². The van der Waals surface area contributed by atoms with E-state index in [0.717, 1.165) is 18.4 Å². The Labute approximate surface area is 210 Å². The van der Waals surface area contributed by atoms with Gasteiger partial charge < -0.3 is 19.0 Å². The van der Waals surface area contributed by atoms with Gasteiger partial charge in [0.2, 0.25) is 5.91 Å². The van der Waals surface area contributed by atoms with E-state index in [4.69, 9.17) is 20.8 Å². The summed E-state index contributed by atoms with van der Waals surface area (Å²) >= 11 is 6.13. The summed E-state index contributed by atoms with van der Waals surface area (Å²) in [6, 6.07) is 17.1. The zero-order valence-electron chi connectivity index (χ0n) is 20.1. The molecule has 0 N–H and O–H groups in total. The van der Waals surface area contributed by atoms with E-state index < -0.39 is 5.41 Å². The lowest BCUT2D eigenvalue weighted by Crippen LogP contribution is -2.51. The van der Waals surface area contributed by atoms with Crippen molar-refractivity contribution in [1.29, 1.82) is 0 Å². The molecule has 1 aliphatic rings. The van der Waals surface area contributed by atoms with Gasteiger partial charge in [0.1, 0.15) is 11.5 Å². The fourth-order valence-corrected chi connectivity index (χ4v) is 4.73. The van der Waals surface area contributed by atoms with Gasteiger partial charge in [0.05, 0.1) is 6.61 Å². The lowest BCUT2D eigenvalue weighted by Gasteiger charge is -2.42. The minimum Gasteiger partial charge on any atom is -0.493 e. The van der Waals surface area contributed by atoms with Gasteiger partial charge in [-0.25, -0.2) is 4.98 Å². The summed E-state index contributed by atoms with van der Waals surface area (Å²) in [4.78, 5) is 34.2. The third-order valence-corrected chi connectivity index (χ3v) is 6.69. The summed E-state index contributed by atoms with van der Waals surface area (Å²) in [6.45, 7) is 3.52. The van der Waals surface area contributed by atoms with E-state index in [1.807, 2.05) is 49.5 Å². The first-order valence-electron chi connectivity index (χ1n) is 11.7. The normalized spacial score (nSPS) is 17.7. The topological polar surface area (TPSA) is 75.9 Å². The zero-order chi connectivity index (χ0) is 24.8. The number of carbonyl (C=O) groups is 2. The molecule has 0 aliphatic carbocycles. The molecule has 2 amide bonds. The molecule has 0 spiro atoms. The summed E-state index contributed by atoms with van der Waals surface area (Å²) in [5, 5.41) is 0.581. The number of ether oxygens (including phenoxy) is 1. The molecule has 1 aliphatic heterocycles. The molecule has 1 unspecified atom stereocenters. The first-order chi connectivity index (χ1) is 16.8. The van der Waals surface area contributed by atoms with E-state index in [2.05, 4.69) is 4.98 Å². The van der Waals surface area contributed by atoms with Crippen molar-refractivity contribution in [3.63, 3.8) is 0 Å². The Bertz CT molecular complexity index is 1170. The second-order valence-corrected chi connectivity index (χ2v) is 9.68. The van der Waals surface area contributed by atoms with Crippen LogP contribution in [0.4, 0.5) is 0 Å². The Hall–Kier alpha value is -3.32. The third kappa shape index (κ3) is 6.22. The number of hydrogen-bond donors (Lipinski definition) is 0. The van der Waals surface area contributed by atoms with Crippen molar-refractivity contribution in [1.82, 2.24) is 14.8 Å². The molecular formula is C27H30ClN3O4. The maximum Gasteiger partial charge on any atom is 0.276 e. The van der Waals surface area contributed by atoms with Crippen LogP contribution < -0.4 is 4.74 Å². The molecule has 0 bridgehead atoms. The fraction of sp³-hybridized carbons (Fsp3) is 0.370. The second kappa shape index (κ2) is 11.0. The average molecular weight is 496 g/mol. The Morgan fingerprint density at radius 1 is 1.20 bits per heavy atom. The van der Waals surface area contributed by atoms with E-state index in [9.17, 15) is 9.59 Å². The molecule has 4 rings (SSSR count). The number of benzene rings is 2. The first-order valence-corrected chi connectivity index (χ1v) is 12.1. The number of nitrogens with zero attached hydrogens (tertiary/aromatic N) is 3. The van der Waals surface area contributed by atoms with Gasteiger partial charge in [-0.3, -0.25) is 9.59 Å². The van der Waals surface area contributed by atoms with E-state index in [0.29, 0.717) is 48.5 Å². The summed E-state index contributed by atoms with van der Waals surface area (Å²) in [5.74, 6) is 0.946. The highest BCUT2D eigenvalue weighted by Crippen LogP contribution is 2.36. The molecule has 1 atom stereocenters. The van der Waals surface area contributed by atoms with E-state index >= 15 is 0 Å². The average Bonchev–Trinajstić information content (AvgIpc) is 3.29. The molecule has 8 heteroatoms. The summed E-state index contributed by atoms with van der Waals surface area (Å²) in [5.41, 5.74) is 0.828. The summed E-state index contributed by atoms with van der Waals surface area (Å²) in [6.07, 6.45) is 3.07. The smallest absolute Gasteiger partial charge is 0.276 e. The van der Waals surface area contributed by atoms with Crippen molar-refractivity contribution in [2.24, 2.45) is 5.41 Å². The van der Waals surface area contributed by atoms with Gasteiger partial charge in [-0.05, 0) is 43.5 Å². The highest BCUT2D eigenvalue weighted by atomic mass is 35.5. The Morgan fingerprint density at radius 3 is 2.71 bits per heavy atom. The van der Waals surface area contributed by atoms with Gasteiger partial charge in [-0.2, -0.15) is 0 Å². The predicted molar refractivity (Wildman–Crippen MR) is 133 cm³/mol. The van der Waals surface area contributed by atoms with Gasteiger partial charge in [0.15, 0.2) is 12.1 Å². The van der Waals surface area contributed by atoms with Crippen LogP contribution in [-0.2, 0) is 11.3 Å². The van der Waals surface area contributed by atoms with Crippen LogP contribution in [0.1, 0.15) is 41.1 Å². The lowest BCUT2D eigenvalue weighted by atomic mass is 9.77.